The summed E-state index contributed by atoms with van der Waals surface area (Å²) < 4.78 is 66.6. The van der Waals surface area contributed by atoms with Gasteiger partial charge in [0, 0.05) is 55.5 Å². The Bertz CT molecular complexity index is 2670. The normalized spacial score (nSPS) is 13.5. The number of thiazole rings is 1. The van der Waals surface area contributed by atoms with Crippen molar-refractivity contribution in [3.63, 3.8) is 0 Å². The molecule has 1 aliphatic heterocycles. The summed E-state index contributed by atoms with van der Waals surface area (Å²) in [5, 5.41) is 18.5. The molecule has 4 amide bonds. The van der Waals surface area contributed by atoms with Crippen molar-refractivity contribution in [1.82, 2.24) is 45.1 Å². The largest absolute Gasteiger partial charge is 0.497 e. The summed E-state index contributed by atoms with van der Waals surface area (Å²) in [4.78, 5) is 65.0. The highest BCUT2D eigenvalue weighted by atomic mass is 35.5. The van der Waals surface area contributed by atoms with Gasteiger partial charge in [-0.2, -0.15) is 0 Å². The Morgan fingerprint density at radius 1 is 0.810 bits per heavy atom. The van der Waals surface area contributed by atoms with Gasteiger partial charge in [-0.3, -0.25) is 19.9 Å². The Morgan fingerprint density at radius 2 is 1.44 bits per heavy atom. The maximum atomic E-state index is 14.7. The second-order valence-corrected chi connectivity index (χ2v) is 20.0. The number of likely N-dealkylation sites (N-methyl/N-ethyl adjacent to an activating group) is 1. The number of aromatic nitrogens is 6. The minimum absolute atomic E-state index is 0.0390. The number of methoxy groups -OCH3 is 1. The van der Waals surface area contributed by atoms with E-state index in [2.05, 4.69) is 46.1 Å². The molecular weight excluding hydrogens is 1090 g/mol. The Balaban J connectivity index is 0.700. The molecule has 28 heteroatoms. The van der Waals surface area contributed by atoms with Crippen molar-refractivity contribution in [3.05, 3.63) is 98.5 Å². The molecular formula is C51H69ClFN11O13S2. The molecule has 0 spiro atoms. The zero-order chi connectivity index (χ0) is 56.0. The molecule has 2 aromatic carbocycles. The molecule has 432 valence electrons. The van der Waals surface area contributed by atoms with E-state index in [4.69, 9.17) is 54.2 Å². The first-order chi connectivity index (χ1) is 38.4. The lowest BCUT2D eigenvalue weighted by Crippen LogP contribution is -2.47. The highest BCUT2D eigenvalue weighted by molar-refractivity contribution is 8.00. The van der Waals surface area contributed by atoms with Gasteiger partial charge in [-0.15, -0.1) is 16.4 Å². The van der Waals surface area contributed by atoms with E-state index in [9.17, 15) is 23.6 Å². The van der Waals surface area contributed by atoms with Gasteiger partial charge in [0.25, 0.3) is 0 Å². The molecule has 0 unspecified atom stereocenters. The monoisotopic (exact) mass is 1160 g/mol. The molecule has 2 atom stereocenters. The molecule has 1 fully saturated rings. The number of anilines is 2. The number of hydrogen-bond acceptors (Lipinski definition) is 20. The molecule has 0 bridgehead atoms. The second-order valence-electron chi connectivity index (χ2n) is 17.5. The zero-order valence-electron chi connectivity index (χ0n) is 44.5. The lowest BCUT2D eigenvalue weighted by atomic mass is 10.1. The predicted molar refractivity (Wildman–Crippen MR) is 293 cm³/mol. The molecule has 3 aromatic heterocycles. The van der Waals surface area contributed by atoms with Crippen LogP contribution in [0.1, 0.15) is 36.3 Å². The van der Waals surface area contributed by atoms with E-state index in [1.165, 1.54) is 30.7 Å². The first-order valence-corrected chi connectivity index (χ1v) is 27.8. The predicted octanol–water partition coefficient (Wildman–Crippen LogP) is 4.70. The van der Waals surface area contributed by atoms with Crippen molar-refractivity contribution < 1.29 is 61.4 Å². The molecule has 1 aliphatic rings. The Morgan fingerprint density at radius 3 is 2.11 bits per heavy atom. The fourth-order valence-corrected chi connectivity index (χ4v) is 9.25. The number of nitrogens with one attached hydrogen (secondary N) is 4. The van der Waals surface area contributed by atoms with Crippen LogP contribution in [0, 0.1) is 5.82 Å². The van der Waals surface area contributed by atoms with Crippen LogP contribution in [-0.2, 0) is 62.3 Å². The van der Waals surface area contributed by atoms with Crippen LogP contribution in [0.15, 0.2) is 70.1 Å². The minimum Gasteiger partial charge on any atom is -0.497 e. The molecule has 6 rings (SSSR count). The molecule has 24 nitrogen and oxygen atoms in total. The minimum atomic E-state index is -0.738. The molecule has 0 aliphatic carbocycles. The zero-order valence-corrected chi connectivity index (χ0v) is 46.9. The smallest absolute Gasteiger partial charge is 0.345 e. The molecule has 0 saturated carbocycles. The maximum absolute atomic E-state index is 14.7. The van der Waals surface area contributed by atoms with Gasteiger partial charge in [-0.1, -0.05) is 34.6 Å². The van der Waals surface area contributed by atoms with Crippen LogP contribution in [0.25, 0.3) is 0 Å². The first kappa shape index (κ1) is 62.3. The summed E-state index contributed by atoms with van der Waals surface area (Å²) in [5.74, 6) is 0.120. The number of ether oxygens (including phenoxy) is 9. The Kier molecular flexibility index (Phi) is 27.6. The molecule has 1 saturated heterocycles. The SMILES string of the molecule is COc1ccc([C@@H](C)NC(=O)[C@H](CCOCCOCCOCCn2cc(COCCOCCOCCOCCOc3ccc(NC(=O)Nc4nc(CC(=O)N5CCN(C)CC5)cs4)cc3)nn2)Sc2[nH]c(=O)ncc2Cl)c(F)c1. The summed E-state index contributed by atoms with van der Waals surface area (Å²) in [6, 6.07) is 10.3. The van der Waals surface area contributed by atoms with Gasteiger partial charge in [0.05, 0.1) is 145 Å². The van der Waals surface area contributed by atoms with Gasteiger partial charge in [0.2, 0.25) is 11.8 Å². The third kappa shape index (κ3) is 23.4. The van der Waals surface area contributed by atoms with Crippen LogP contribution >= 0.6 is 34.7 Å². The number of carbonyl (C=O) groups is 3. The second kappa shape index (κ2) is 35.0. The van der Waals surface area contributed by atoms with Crippen molar-refractivity contribution in [3.8, 4) is 11.5 Å². The van der Waals surface area contributed by atoms with E-state index in [1.807, 2.05) is 11.9 Å². The molecule has 79 heavy (non-hydrogen) atoms. The number of rotatable bonds is 37. The first-order valence-electron chi connectivity index (χ1n) is 25.6. The third-order valence-corrected chi connectivity index (χ3v) is 14.1. The molecule has 5 aromatic rings. The lowest BCUT2D eigenvalue weighted by molar-refractivity contribution is -0.132. The molecule has 4 N–H and O–H groups in total. The van der Waals surface area contributed by atoms with E-state index >= 15 is 0 Å². The summed E-state index contributed by atoms with van der Waals surface area (Å²) in [5.41, 5.74) is 1.58. The quantitative estimate of drug-likeness (QED) is 0.0238. The van der Waals surface area contributed by atoms with Gasteiger partial charge < -0.3 is 63.1 Å². The van der Waals surface area contributed by atoms with Crippen LogP contribution in [0.2, 0.25) is 5.02 Å². The summed E-state index contributed by atoms with van der Waals surface area (Å²) in [6.07, 6.45) is 3.47. The maximum Gasteiger partial charge on any atom is 0.345 e. The number of piperazine rings is 1. The molecule has 0 radical (unpaired) electrons. The van der Waals surface area contributed by atoms with Crippen LogP contribution < -0.4 is 31.1 Å². The summed E-state index contributed by atoms with van der Waals surface area (Å²) in [6.45, 7) is 10.6. The number of hydrogen-bond donors (Lipinski definition) is 4. The Labute approximate surface area is 470 Å². The number of nitrogens with zero attached hydrogens (tertiary/aromatic N) is 7. The number of amides is 4. The number of halogens is 2. The van der Waals surface area contributed by atoms with E-state index < -0.39 is 34.7 Å². The van der Waals surface area contributed by atoms with Crippen LogP contribution in [-0.4, -0.2) is 196 Å². The number of urea groups is 1. The van der Waals surface area contributed by atoms with Gasteiger partial charge in [0.1, 0.15) is 29.6 Å². The van der Waals surface area contributed by atoms with E-state index in [1.54, 1.807) is 59.6 Å². The van der Waals surface area contributed by atoms with E-state index in [0.29, 0.717) is 133 Å². The van der Waals surface area contributed by atoms with Crippen LogP contribution in [0.5, 0.6) is 11.5 Å². The topological polar surface area (TPSA) is 266 Å². The van der Waals surface area contributed by atoms with Crippen molar-refractivity contribution in [2.75, 3.05) is 143 Å². The highest BCUT2D eigenvalue weighted by Gasteiger charge is 2.25. The van der Waals surface area contributed by atoms with E-state index in [-0.39, 0.29) is 54.2 Å². The fourth-order valence-electron chi connectivity index (χ4n) is 7.33. The number of thioether (sulfide) groups is 1. The van der Waals surface area contributed by atoms with Crippen molar-refractivity contribution in [1.29, 1.82) is 0 Å². The standard InChI is InChI=1S/C51H69ClFN11O13S2/c1-36(42-9-8-41(69-3)31-44(42)53)55-47(66)45(79-48-43(52)32-54-49(67)58-48)10-16-70-18-20-72-21-19-71-17-15-64-33-39(60-61-64)34-76-27-26-74-23-22-73-24-25-75-28-29-77-40-6-4-37(5-7-40)56-50(68)59-51-57-38(35-78-51)30-46(65)63-13-11-62(2)12-14-63/h4-9,31-33,35-36,45H,10-30,34H2,1-3H3,(H,55,66)(H,54,58,67)(H2,56,57,59,68)/t36-,45+/m1/s1. The molecule has 4 heterocycles. The number of carbonyl (C=O) groups excluding carboxylic acids is 3. The van der Waals surface area contributed by atoms with Gasteiger partial charge in [-0.25, -0.2) is 28.6 Å². The van der Waals surface area contributed by atoms with Crippen molar-refractivity contribution in [2.45, 2.75) is 49.2 Å². The number of benzene rings is 2. The van der Waals surface area contributed by atoms with Crippen LogP contribution in [0.3, 0.4) is 0 Å². The highest BCUT2D eigenvalue weighted by Crippen LogP contribution is 2.30. The third-order valence-electron chi connectivity index (χ3n) is 11.6. The van der Waals surface area contributed by atoms with Gasteiger partial charge in [0.15, 0.2) is 5.13 Å². The Hall–Kier alpha value is -5.85. The number of aromatic amines is 1. The van der Waals surface area contributed by atoms with E-state index in [0.717, 1.165) is 24.9 Å². The fraction of sp³-hybridized carbons (Fsp3) is 0.529. The lowest BCUT2D eigenvalue weighted by Gasteiger charge is -2.32. The summed E-state index contributed by atoms with van der Waals surface area (Å²) >= 11 is 8.57. The average Bonchev–Trinajstić information content (AvgIpc) is 4.10. The van der Waals surface area contributed by atoms with Crippen molar-refractivity contribution in [2.24, 2.45) is 0 Å². The average molecular weight is 1160 g/mol. The van der Waals surface area contributed by atoms with Gasteiger partial charge >= 0.3 is 11.7 Å². The summed E-state index contributed by atoms with van der Waals surface area (Å²) in [7, 11) is 3.48. The number of H-pyrrole nitrogens is 1. The van der Waals surface area contributed by atoms with Crippen LogP contribution in [0.4, 0.5) is 20.0 Å². The van der Waals surface area contributed by atoms with Gasteiger partial charge in [-0.05, 0) is 50.7 Å². The van der Waals surface area contributed by atoms with Crippen molar-refractivity contribution >= 4 is 63.4 Å².